The van der Waals surface area contributed by atoms with Crippen LogP contribution in [-0.2, 0) is 4.79 Å². The van der Waals surface area contributed by atoms with E-state index in [2.05, 4.69) is 0 Å². The lowest BCUT2D eigenvalue weighted by Gasteiger charge is -2.24. The number of hydrogen-bond acceptors (Lipinski definition) is 2. The van der Waals surface area contributed by atoms with Crippen molar-refractivity contribution in [3.05, 3.63) is 30.3 Å². The Morgan fingerprint density at radius 2 is 2.16 bits per heavy atom. The third-order valence-corrected chi connectivity index (χ3v) is 3.74. The van der Waals surface area contributed by atoms with Crippen LogP contribution in [-0.4, -0.2) is 35.9 Å². The van der Waals surface area contributed by atoms with E-state index in [9.17, 15) is 4.79 Å². The van der Waals surface area contributed by atoms with Gasteiger partial charge in [0.25, 0.3) is 5.91 Å². The molecule has 19 heavy (non-hydrogen) atoms. The van der Waals surface area contributed by atoms with Crippen LogP contribution >= 0.6 is 11.6 Å². The first kappa shape index (κ1) is 14.2. The third kappa shape index (κ3) is 4.13. The second kappa shape index (κ2) is 7.39. The summed E-state index contributed by atoms with van der Waals surface area (Å²) in [6.07, 6.45) is 4.15. The number of alkyl halides is 1. The van der Waals surface area contributed by atoms with Gasteiger partial charge in [0.15, 0.2) is 6.61 Å². The SMILES string of the molecule is O=C(COc1ccccc1)N1CCCC1CCCCl. The van der Waals surface area contributed by atoms with Crippen LogP contribution in [0.3, 0.4) is 0 Å². The van der Waals surface area contributed by atoms with E-state index in [0.717, 1.165) is 38.0 Å². The molecule has 104 valence electrons. The number of nitrogens with zero attached hydrogens (tertiary/aromatic N) is 1. The number of carbonyl (C=O) groups excluding carboxylic acids is 1. The predicted molar refractivity (Wildman–Crippen MR) is 76.6 cm³/mol. The lowest BCUT2D eigenvalue weighted by Crippen LogP contribution is -2.38. The largest absolute Gasteiger partial charge is 0.484 e. The number of hydrogen-bond donors (Lipinski definition) is 0. The maximum Gasteiger partial charge on any atom is 0.260 e. The van der Waals surface area contributed by atoms with Gasteiger partial charge in [0.05, 0.1) is 0 Å². The molecule has 4 heteroatoms. The molecule has 3 nitrogen and oxygen atoms in total. The summed E-state index contributed by atoms with van der Waals surface area (Å²) in [7, 11) is 0. The van der Waals surface area contributed by atoms with Gasteiger partial charge in [-0.3, -0.25) is 4.79 Å². The standard InChI is InChI=1S/C15H20ClNO2/c16-10-4-6-13-7-5-11-17(13)15(18)12-19-14-8-2-1-3-9-14/h1-3,8-9,13H,4-7,10-12H2. The number of carbonyl (C=O) groups is 1. The zero-order chi connectivity index (χ0) is 13.5. The fourth-order valence-corrected chi connectivity index (χ4v) is 2.68. The quantitative estimate of drug-likeness (QED) is 0.750. The van der Waals surface area contributed by atoms with Crippen molar-refractivity contribution >= 4 is 17.5 Å². The molecule has 0 spiro atoms. The predicted octanol–water partition coefficient (Wildman–Crippen LogP) is 3.08. The van der Waals surface area contributed by atoms with Gasteiger partial charge in [-0.25, -0.2) is 0 Å². The van der Waals surface area contributed by atoms with E-state index in [1.165, 1.54) is 0 Å². The highest BCUT2D eigenvalue weighted by Gasteiger charge is 2.28. The smallest absolute Gasteiger partial charge is 0.260 e. The van der Waals surface area contributed by atoms with E-state index in [1.807, 2.05) is 35.2 Å². The Hall–Kier alpha value is -1.22. The monoisotopic (exact) mass is 281 g/mol. The highest BCUT2D eigenvalue weighted by Crippen LogP contribution is 2.22. The van der Waals surface area contributed by atoms with Crippen molar-refractivity contribution in [2.75, 3.05) is 19.0 Å². The van der Waals surface area contributed by atoms with Crippen molar-refractivity contribution in [2.45, 2.75) is 31.7 Å². The van der Waals surface area contributed by atoms with Gasteiger partial charge in [-0.05, 0) is 37.8 Å². The maximum atomic E-state index is 12.2. The molecule has 1 amide bonds. The Bertz CT molecular complexity index is 396. The molecule has 1 aromatic rings. The third-order valence-electron chi connectivity index (χ3n) is 3.47. The molecular weight excluding hydrogens is 262 g/mol. The molecular formula is C15H20ClNO2. The van der Waals surface area contributed by atoms with Gasteiger partial charge < -0.3 is 9.64 Å². The molecule has 1 aliphatic rings. The number of rotatable bonds is 6. The zero-order valence-corrected chi connectivity index (χ0v) is 11.8. The Morgan fingerprint density at radius 3 is 2.89 bits per heavy atom. The minimum Gasteiger partial charge on any atom is -0.484 e. The lowest BCUT2D eigenvalue weighted by molar-refractivity contribution is -0.134. The molecule has 1 saturated heterocycles. The van der Waals surface area contributed by atoms with E-state index < -0.39 is 0 Å². The van der Waals surface area contributed by atoms with Crippen LogP contribution < -0.4 is 4.74 Å². The normalized spacial score (nSPS) is 18.6. The summed E-state index contributed by atoms with van der Waals surface area (Å²) in [6.45, 7) is 0.978. The topological polar surface area (TPSA) is 29.5 Å². The van der Waals surface area contributed by atoms with E-state index in [0.29, 0.717) is 11.9 Å². The first-order valence-electron chi connectivity index (χ1n) is 6.84. The van der Waals surface area contributed by atoms with E-state index in [1.54, 1.807) is 0 Å². The number of halogens is 1. The number of para-hydroxylation sites is 1. The average Bonchev–Trinajstić information content (AvgIpc) is 2.92. The number of amides is 1. The summed E-state index contributed by atoms with van der Waals surface area (Å²) in [4.78, 5) is 14.1. The first-order chi connectivity index (χ1) is 9.31. The van der Waals surface area contributed by atoms with Crippen molar-refractivity contribution < 1.29 is 9.53 Å². The summed E-state index contributed by atoms with van der Waals surface area (Å²) >= 11 is 5.72. The summed E-state index contributed by atoms with van der Waals surface area (Å²) in [5, 5.41) is 0. The molecule has 2 rings (SSSR count). The van der Waals surface area contributed by atoms with Gasteiger partial charge >= 0.3 is 0 Å². The molecule has 0 radical (unpaired) electrons. The van der Waals surface area contributed by atoms with Crippen LogP contribution in [0.25, 0.3) is 0 Å². The summed E-state index contributed by atoms with van der Waals surface area (Å²) in [6, 6.07) is 9.81. The van der Waals surface area contributed by atoms with Gasteiger partial charge in [0.2, 0.25) is 0 Å². The molecule has 0 saturated carbocycles. The van der Waals surface area contributed by atoms with Gasteiger partial charge in [0.1, 0.15) is 5.75 Å². The summed E-state index contributed by atoms with van der Waals surface area (Å²) in [5.74, 6) is 1.49. The molecule has 0 aliphatic carbocycles. The first-order valence-corrected chi connectivity index (χ1v) is 7.38. The maximum absolute atomic E-state index is 12.2. The minimum absolute atomic E-state index is 0.0842. The fraction of sp³-hybridized carbons (Fsp3) is 0.533. The average molecular weight is 282 g/mol. The van der Waals surface area contributed by atoms with Crippen LogP contribution in [0.4, 0.5) is 0 Å². The molecule has 0 N–H and O–H groups in total. The van der Waals surface area contributed by atoms with Crippen molar-refractivity contribution in [3.8, 4) is 5.75 Å². The fourth-order valence-electron chi connectivity index (χ4n) is 2.52. The molecule has 0 bridgehead atoms. The van der Waals surface area contributed by atoms with Gasteiger partial charge in [0, 0.05) is 18.5 Å². The Morgan fingerprint density at radius 1 is 1.37 bits per heavy atom. The summed E-state index contributed by atoms with van der Waals surface area (Å²) < 4.78 is 5.52. The van der Waals surface area contributed by atoms with Crippen molar-refractivity contribution in [3.63, 3.8) is 0 Å². The van der Waals surface area contributed by atoms with E-state index in [-0.39, 0.29) is 12.5 Å². The van der Waals surface area contributed by atoms with Crippen molar-refractivity contribution in [1.29, 1.82) is 0 Å². The Labute approximate surface area is 119 Å². The van der Waals surface area contributed by atoms with Crippen LogP contribution in [0.1, 0.15) is 25.7 Å². The highest BCUT2D eigenvalue weighted by molar-refractivity contribution is 6.17. The second-order valence-electron chi connectivity index (χ2n) is 4.82. The van der Waals surface area contributed by atoms with Crippen LogP contribution in [0.5, 0.6) is 5.75 Å². The minimum atomic E-state index is 0.0842. The molecule has 1 heterocycles. The molecule has 1 atom stereocenters. The van der Waals surface area contributed by atoms with Crippen molar-refractivity contribution in [2.24, 2.45) is 0 Å². The van der Waals surface area contributed by atoms with Gasteiger partial charge in [-0.2, -0.15) is 0 Å². The summed E-state index contributed by atoms with van der Waals surface area (Å²) in [5.41, 5.74) is 0. The number of likely N-dealkylation sites (tertiary alicyclic amines) is 1. The molecule has 1 aromatic carbocycles. The molecule has 1 fully saturated rings. The highest BCUT2D eigenvalue weighted by atomic mass is 35.5. The number of ether oxygens (including phenoxy) is 1. The van der Waals surface area contributed by atoms with Gasteiger partial charge in [-0.1, -0.05) is 18.2 Å². The molecule has 1 aliphatic heterocycles. The lowest BCUT2D eigenvalue weighted by atomic mass is 10.1. The zero-order valence-electron chi connectivity index (χ0n) is 11.1. The van der Waals surface area contributed by atoms with Gasteiger partial charge in [-0.15, -0.1) is 11.6 Å². The molecule has 0 aromatic heterocycles. The van der Waals surface area contributed by atoms with Crippen LogP contribution in [0, 0.1) is 0 Å². The Kier molecular flexibility index (Phi) is 5.52. The molecule has 1 unspecified atom stereocenters. The number of benzene rings is 1. The van der Waals surface area contributed by atoms with E-state index >= 15 is 0 Å². The second-order valence-corrected chi connectivity index (χ2v) is 5.19. The van der Waals surface area contributed by atoms with Crippen molar-refractivity contribution in [1.82, 2.24) is 4.90 Å². The van der Waals surface area contributed by atoms with Crippen LogP contribution in [0.2, 0.25) is 0 Å². The van der Waals surface area contributed by atoms with Crippen LogP contribution in [0.15, 0.2) is 30.3 Å². The van der Waals surface area contributed by atoms with E-state index in [4.69, 9.17) is 16.3 Å². The Balaban J connectivity index is 1.82.